The van der Waals surface area contributed by atoms with E-state index in [1.165, 1.54) is 0 Å². The molecule has 0 saturated carbocycles. The molecule has 0 aromatic rings. The fourth-order valence-corrected chi connectivity index (χ4v) is 0.0304. The van der Waals surface area contributed by atoms with Crippen LogP contribution in [0.2, 0.25) is 0 Å². The molecule has 0 aromatic heterocycles. The molecular weight excluding hydrogens is 146 g/mol. The van der Waals surface area contributed by atoms with E-state index in [2.05, 4.69) is 15.9 Å². The van der Waals surface area contributed by atoms with Crippen LogP contribution in [0.5, 0.6) is 0 Å². The summed E-state index contributed by atoms with van der Waals surface area (Å²) >= 11 is 2.75. The van der Waals surface area contributed by atoms with Crippen molar-refractivity contribution in [2.75, 3.05) is 0 Å². The third kappa shape index (κ3) is 1.91. The molecule has 0 unspecified atom stereocenters. The van der Waals surface area contributed by atoms with Crippen LogP contribution < -0.4 is 0 Å². The third-order valence-electron chi connectivity index (χ3n) is 0.243. The van der Waals surface area contributed by atoms with Crippen LogP contribution in [-0.2, 0) is 4.79 Å². The van der Waals surface area contributed by atoms with Gasteiger partial charge >= 0.3 is 0 Å². The highest BCUT2D eigenvalue weighted by Gasteiger charge is 1.91. The molecule has 0 aliphatic carbocycles. The number of hydrogen-bond donors (Lipinski definition) is 0. The minimum Gasteiger partial charge on any atom is -0.301 e. The van der Waals surface area contributed by atoms with Crippen molar-refractivity contribution in [1.29, 1.82) is 5.26 Å². The second-order valence-electron chi connectivity index (χ2n) is 0.667. The van der Waals surface area contributed by atoms with Crippen molar-refractivity contribution in [3.63, 3.8) is 0 Å². The Bertz CT molecular complexity index is 85.3. The molecule has 32 valence electrons. The molecule has 0 aliphatic heterocycles. The van der Waals surface area contributed by atoms with Gasteiger partial charge in [-0.1, -0.05) is 15.9 Å². The van der Waals surface area contributed by atoms with Gasteiger partial charge in [-0.3, -0.25) is 0 Å². The number of alkyl halides is 1. The van der Waals surface area contributed by atoms with Gasteiger partial charge in [-0.05, 0) is 0 Å². The molecule has 0 saturated heterocycles. The molecular formula is C3H2BrNO. The fourth-order valence-electron chi connectivity index (χ4n) is 0.0304. The quantitative estimate of drug-likeness (QED) is 0.400. The zero-order chi connectivity index (χ0) is 4.99. The molecule has 0 aliphatic rings. The Hall–Kier alpha value is -0.360. The highest BCUT2D eigenvalue weighted by Crippen LogP contribution is 1.88. The second kappa shape index (κ2) is 2.86. The van der Waals surface area contributed by atoms with Gasteiger partial charge < -0.3 is 4.79 Å². The summed E-state index contributed by atoms with van der Waals surface area (Å²) in [5, 5.41) is 7.81. The lowest BCUT2D eigenvalue weighted by Gasteiger charge is -1.73. The Morgan fingerprint density at radius 1 is 2.00 bits per heavy atom. The zero-order valence-electron chi connectivity index (χ0n) is 2.89. The van der Waals surface area contributed by atoms with Gasteiger partial charge in [0.1, 0.15) is 6.29 Å². The monoisotopic (exact) mass is 147 g/mol. The van der Waals surface area contributed by atoms with Crippen molar-refractivity contribution in [2.45, 2.75) is 4.83 Å². The highest BCUT2D eigenvalue weighted by molar-refractivity contribution is 9.10. The van der Waals surface area contributed by atoms with Gasteiger partial charge in [0, 0.05) is 0 Å². The number of carbonyl (C=O) groups is 1. The van der Waals surface area contributed by atoms with E-state index in [0.29, 0.717) is 6.29 Å². The number of halogens is 1. The van der Waals surface area contributed by atoms with Gasteiger partial charge in [0.25, 0.3) is 0 Å². The lowest BCUT2D eigenvalue weighted by Crippen LogP contribution is -1.90. The van der Waals surface area contributed by atoms with Crippen LogP contribution in [0.25, 0.3) is 0 Å². The van der Waals surface area contributed by atoms with E-state index in [1.807, 2.05) is 0 Å². The maximum atomic E-state index is 9.47. The van der Waals surface area contributed by atoms with Crippen molar-refractivity contribution in [3.8, 4) is 6.07 Å². The molecule has 2 nitrogen and oxygen atoms in total. The van der Waals surface area contributed by atoms with Crippen molar-refractivity contribution in [1.82, 2.24) is 0 Å². The van der Waals surface area contributed by atoms with Crippen LogP contribution >= 0.6 is 15.9 Å². The standard InChI is InChI=1S/C3H2BrNO/c4-3(1-5)2-6/h2-3H/t3-/m1/s1. The van der Waals surface area contributed by atoms with Gasteiger partial charge in [0.05, 0.1) is 6.07 Å². The zero-order valence-corrected chi connectivity index (χ0v) is 4.47. The molecule has 3 heteroatoms. The molecule has 1 atom stereocenters. The maximum absolute atomic E-state index is 9.47. The van der Waals surface area contributed by atoms with Crippen LogP contribution in [0, 0.1) is 11.3 Å². The molecule has 0 spiro atoms. The predicted octanol–water partition coefficient (Wildman–Crippen LogP) is 0.472. The minimum atomic E-state index is -0.627. The lowest BCUT2D eigenvalue weighted by molar-refractivity contribution is -0.106. The van der Waals surface area contributed by atoms with E-state index < -0.39 is 4.83 Å². The van der Waals surface area contributed by atoms with E-state index in [0.717, 1.165) is 0 Å². The smallest absolute Gasteiger partial charge is 0.156 e. The average Bonchev–Trinajstić information content (AvgIpc) is 1.65. The average molecular weight is 148 g/mol. The second-order valence-corrected chi connectivity index (χ2v) is 1.65. The first-order valence-electron chi connectivity index (χ1n) is 1.30. The van der Waals surface area contributed by atoms with Crippen LogP contribution in [-0.4, -0.2) is 11.1 Å². The predicted molar refractivity (Wildman–Crippen MR) is 24.4 cm³/mol. The van der Waals surface area contributed by atoms with Crippen LogP contribution in [0.1, 0.15) is 0 Å². The van der Waals surface area contributed by atoms with Crippen LogP contribution in [0.4, 0.5) is 0 Å². The Labute approximate surface area is 43.9 Å². The van der Waals surface area contributed by atoms with E-state index >= 15 is 0 Å². The Kier molecular flexibility index (Phi) is 2.68. The number of nitriles is 1. The summed E-state index contributed by atoms with van der Waals surface area (Å²) in [6.45, 7) is 0. The van der Waals surface area contributed by atoms with Crippen molar-refractivity contribution in [3.05, 3.63) is 0 Å². The summed E-state index contributed by atoms with van der Waals surface area (Å²) in [6, 6.07) is 1.66. The summed E-state index contributed by atoms with van der Waals surface area (Å²) in [7, 11) is 0. The Morgan fingerprint density at radius 2 is 2.50 bits per heavy atom. The molecule has 0 fully saturated rings. The Morgan fingerprint density at radius 3 is 2.50 bits per heavy atom. The number of rotatable bonds is 1. The van der Waals surface area contributed by atoms with Crippen molar-refractivity contribution in [2.24, 2.45) is 0 Å². The minimum absolute atomic E-state index is 0.528. The first-order chi connectivity index (χ1) is 2.81. The molecule has 0 bridgehead atoms. The third-order valence-corrected chi connectivity index (χ3v) is 0.663. The van der Waals surface area contributed by atoms with Crippen LogP contribution in [0.15, 0.2) is 0 Å². The van der Waals surface area contributed by atoms with E-state index in [-0.39, 0.29) is 0 Å². The number of nitrogens with zero attached hydrogens (tertiary/aromatic N) is 1. The lowest BCUT2D eigenvalue weighted by atomic mass is 10.5. The van der Waals surface area contributed by atoms with E-state index in [4.69, 9.17) is 5.26 Å². The molecule has 0 heterocycles. The van der Waals surface area contributed by atoms with E-state index in [9.17, 15) is 4.79 Å². The van der Waals surface area contributed by atoms with E-state index in [1.54, 1.807) is 6.07 Å². The number of hydrogen-bond acceptors (Lipinski definition) is 2. The summed E-state index contributed by atoms with van der Waals surface area (Å²) in [4.78, 5) is 8.84. The summed E-state index contributed by atoms with van der Waals surface area (Å²) < 4.78 is 0. The van der Waals surface area contributed by atoms with Crippen molar-refractivity contribution < 1.29 is 4.79 Å². The summed E-state index contributed by atoms with van der Waals surface area (Å²) in [5.41, 5.74) is 0. The molecule has 6 heavy (non-hydrogen) atoms. The van der Waals surface area contributed by atoms with Gasteiger partial charge in [-0.2, -0.15) is 5.26 Å². The summed E-state index contributed by atoms with van der Waals surface area (Å²) in [5.74, 6) is 0. The molecule has 0 rings (SSSR count). The summed E-state index contributed by atoms with van der Waals surface area (Å²) in [6.07, 6.45) is 0.528. The molecule has 0 N–H and O–H groups in total. The topological polar surface area (TPSA) is 40.9 Å². The normalized spacial score (nSPS) is 12.0. The molecule has 0 amide bonds. The fraction of sp³-hybridized carbons (Fsp3) is 0.333. The SMILES string of the molecule is N#C[C@@H](Br)C=O. The van der Waals surface area contributed by atoms with Gasteiger partial charge in [-0.15, -0.1) is 0 Å². The maximum Gasteiger partial charge on any atom is 0.156 e. The van der Waals surface area contributed by atoms with Gasteiger partial charge in [-0.25, -0.2) is 0 Å². The highest BCUT2D eigenvalue weighted by atomic mass is 79.9. The number of carbonyl (C=O) groups excluding carboxylic acids is 1. The van der Waals surface area contributed by atoms with Crippen molar-refractivity contribution >= 4 is 22.2 Å². The molecule has 0 radical (unpaired) electrons. The molecule has 0 aromatic carbocycles. The first kappa shape index (κ1) is 5.64. The largest absolute Gasteiger partial charge is 0.301 e. The Balaban J connectivity index is 3.30. The number of aldehydes is 1. The van der Waals surface area contributed by atoms with Crippen LogP contribution in [0.3, 0.4) is 0 Å². The van der Waals surface area contributed by atoms with Gasteiger partial charge in [0.15, 0.2) is 4.83 Å². The van der Waals surface area contributed by atoms with Gasteiger partial charge in [0.2, 0.25) is 0 Å². The first-order valence-corrected chi connectivity index (χ1v) is 2.22.